The summed E-state index contributed by atoms with van der Waals surface area (Å²) in [6.07, 6.45) is -7.17. The zero-order chi connectivity index (χ0) is 22.6. The van der Waals surface area contributed by atoms with E-state index in [2.05, 4.69) is 9.91 Å². The van der Waals surface area contributed by atoms with Gasteiger partial charge in [0.15, 0.2) is 17.4 Å². The van der Waals surface area contributed by atoms with Gasteiger partial charge in [0.1, 0.15) is 5.75 Å². The van der Waals surface area contributed by atoms with Gasteiger partial charge in [-0.3, -0.25) is 14.9 Å². The molecule has 0 N–H and O–H groups in total. The standard InChI is InChI=1S/C17H11F5N2O6/c1-8(25)29-16(24(27)28)14(23-26)9-3-2-4-11(5-9)30-15-12(18)6-10(7-13(15)19)17(20,21)22/h2-7,14,16H,1H3. The van der Waals surface area contributed by atoms with Crippen LogP contribution in [-0.4, -0.2) is 17.1 Å². The van der Waals surface area contributed by atoms with Gasteiger partial charge in [-0.25, -0.2) is 8.78 Å². The van der Waals surface area contributed by atoms with E-state index in [9.17, 15) is 41.8 Å². The Kier molecular flexibility index (Phi) is 6.64. The van der Waals surface area contributed by atoms with Crippen molar-refractivity contribution < 1.29 is 41.1 Å². The molecule has 2 rings (SSSR count). The molecule has 0 amide bonds. The first-order valence-electron chi connectivity index (χ1n) is 7.91. The van der Waals surface area contributed by atoms with Crippen LogP contribution in [0, 0.1) is 26.7 Å². The molecule has 0 aromatic heterocycles. The number of esters is 1. The van der Waals surface area contributed by atoms with Crippen LogP contribution in [0.1, 0.15) is 24.1 Å². The van der Waals surface area contributed by atoms with Gasteiger partial charge in [0, 0.05) is 6.92 Å². The van der Waals surface area contributed by atoms with Crippen LogP contribution in [-0.2, 0) is 15.7 Å². The van der Waals surface area contributed by atoms with Gasteiger partial charge in [0.25, 0.3) is 0 Å². The molecule has 13 heteroatoms. The van der Waals surface area contributed by atoms with Crippen molar-refractivity contribution in [2.45, 2.75) is 25.4 Å². The van der Waals surface area contributed by atoms with Gasteiger partial charge in [0.05, 0.1) is 10.5 Å². The molecule has 30 heavy (non-hydrogen) atoms. The second kappa shape index (κ2) is 8.80. The predicted molar refractivity (Wildman–Crippen MR) is 89.0 cm³/mol. The highest BCUT2D eigenvalue weighted by atomic mass is 19.4. The predicted octanol–water partition coefficient (Wildman–Crippen LogP) is 4.75. The normalized spacial score (nSPS) is 13.3. The molecule has 2 atom stereocenters. The van der Waals surface area contributed by atoms with Crippen molar-refractivity contribution in [2.75, 3.05) is 0 Å². The summed E-state index contributed by atoms with van der Waals surface area (Å²) < 4.78 is 75.1. The summed E-state index contributed by atoms with van der Waals surface area (Å²) >= 11 is 0. The fourth-order valence-electron chi connectivity index (χ4n) is 2.37. The highest BCUT2D eigenvalue weighted by Gasteiger charge is 2.38. The number of nitro groups is 1. The number of hydrogen-bond donors (Lipinski definition) is 0. The summed E-state index contributed by atoms with van der Waals surface area (Å²) in [6.45, 7) is 0.869. The van der Waals surface area contributed by atoms with Crippen LogP contribution in [0.2, 0.25) is 0 Å². The number of carbonyl (C=O) groups excluding carboxylic acids is 1. The summed E-state index contributed by atoms with van der Waals surface area (Å²) in [7, 11) is 0. The second-order valence-electron chi connectivity index (χ2n) is 5.78. The van der Waals surface area contributed by atoms with Gasteiger partial charge in [-0.1, -0.05) is 12.1 Å². The molecule has 8 nitrogen and oxygen atoms in total. The van der Waals surface area contributed by atoms with Crippen molar-refractivity contribution in [2.24, 2.45) is 5.18 Å². The number of nitrogens with zero attached hydrogens (tertiary/aromatic N) is 2. The van der Waals surface area contributed by atoms with Gasteiger partial charge in [-0.15, -0.1) is 4.91 Å². The average Bonchev–Trinajstić information content (AvgIpc) is 2.63. The quantitative estimate of drug-likeness (QED) is 0.155. The molecule has 2 aromatic carbocycles. The molecule has 0 aliphatic carbocycles. The van der Waals surface area contributed by atoms with Crippen molar-refractivity contribution >= 4 is 5.97 Å². The van der Waals surface area contributed by atoms with Crippen molar-refractivity contribution in [3.8, 4) is 11.5 Å². The molecule has 2 unspecified atom stereocenters. The summed E-state index contributed by atoms with van der Waals surface area (Å²) in [5.74, 6) is -5.90. The number of alkyl halides is 3. The van der Waals surface area contributed by atoms with Crippen LogP contribution in [0.3, 0.4) is 0 Å². The molecule has 0 heterocycles. The largest absolute Gasteiger partial charge is 0.451 e. The van der Waals surface area contributed by atoms with Crippen LogP contribution in [0.5, 0.6) is 11.5 Å². The lowest BCUT2D eigenvalue weighted by atomic mass is 10.1. The third-order valence-corrected chi connectivity index (χ3v) is 3.62. The fraction of sp³-hybridized carbons (Fsp3) is 0.235. The van der Waals surface area contributed by atoms with E-state index < -0.39 is 52.3 Å². The van der Waals surface area contributed by atoms with Crippen LogP contribution < -0.4 is 4.74 Å². The Hall–Kier alpha value is -3.64. The monoisotopic (exact) mass is 434 g/mol. The molecular formula is C17H11F5N2O6. The minimum Gasteiger partial charge on any atom is -0.451 e. The average molecular weight is 434 g/mol. The Bertz CT molecular complexity index is 958. The van der Waals surface area contributed by atoms with E-state index in [1.165, 1.54) is 12.1 Å². The number of rotatable bonds is 7. The van der Waals surface area contributed by atoms with E-state index in [0.29, 0.717) is 0 Å². The zero-order valence-corrected chi connectivity index (χ0v) is 14.9. The molecule has 0 saturated heterocycles. The van der Waals surface area contributed by atoms with Crippen LogP contribution in [0.4, 0.5) is 22.0 Å². The van der Waals surface area contributed by atoms with E-state index in [4.69, 9.17) is 4.74 Å². The number of hydrogen-bond acceptors (Lipinski definition) is 7. The number of benzene rings is 2. The van der Waals surface area contributed by atoms with Crippen LogP contribution >= 0.6 is 0 Å². The molecule has 160 valence electrons. The second-order valence-corrected chi connectivity index (χ2v) is 5.78. The first-order valence-corrected chi connectivity index (χ1v) is 7.91. The fourth-order valence-corrected chi connectivity index (χ4v) is 2.37. The minimum absolute atomic E-state index is 0.0293. The number of nitroso groups, excluding NO2 is 1. The SMILES string of the molecule is CC(=O)OC(C(N=O)c1cccc(Oc2c(F)cc(C(F)(F)F)cc2F)c1)[N+](=O)[O-]. The Labute approximate surface area is 164 Å². The summed E-state index contributed by atoms with van der Waals surface area (Å²) in [4.78, 5) is 32.2. The summed E-state index contributed by atoms with van der Waals surface area (Å²) in [6, 6.07) is 2.61. The molecule has 2 aromatic rings. The van der Waals surface area contributed by atoms with Crippen LogP contribution in [0.15, 0.2) is 41.6 Å². The maximum Gasteiger partial charge on any atom is 0.416 e. The third kappa shape index (κ3) is 5.24. The molecule has 0 aliphatic heterocycles. The molecular weight excluding hydrogens is 423 g/mol. The van der Waals surface area contributed by atoms with Gasteiger partial charge >= 0.3 is 18.4 Å². The zero-order valence-electron chi connectivity index (χ0n) is 14.9. The van der Waals surface area contributed by atoms with E-state index in [1.54, 1.807) is 0 Å². The van der Waals surface area contributed by atoms with E-state index in [1.807, 2.05) is 0 Å². The maximum atomic E-state index is 13.9. The summed E-state index contributed by atoms with van der Waals surface area (Å²) in [5.41, 5.74) is -1.78. The van der Waals surface area contributed by atoms with Crippen molar-refractivity contribution in [1.29, 1.82) is 0 Å². The molecule has 0 spiro atoms. The lowest BCUT2D eigenvalue weighted by Crippen LogP contribution is -2.31. The lowest BCUT2D eigenvalue weighted by Gasteiger charge is -2.16. The van der Waals surface area contributed by atoms with Gasteiger partial charge in [-0.05, 0) is 35.0 Å². The van der Waals surface area contributed by atoms with Crippen LogP contribution in [0.25, 0.3) is 0 Å². The smallest absolute Gasteiger partial charge is 0.416 e. The number of carbonyl (C=O) groups is 1. The van der Waals surface area contributed by atoms with Crippen molar-refractivity contribution in [3.63, 3.8) is 0 Å². The Balaban J connectivity index is 2.39. The van der Waals surface area contributed by atoms with E-state index >= 15 is 0 Å². The van der Waals surface area contributed by atoms with Crippen molar-refractivity contribution in [1.82, 2.24) is 0 Å². The van der Waals surface area contributed by atoms with Crippen molar-refractivity contribution in [3.05, 3.63) is 74.2 Å². The van der Waals surface area contributed by atoms with Gasteiger partial charge < -0.3 is 9.47 Å². The van der Waals surface area contributed by atoms with Gasteiger partial charge in [-0.2, -0.15) is 13.2 Å². The Morgan fingerprint density at radius 2 is 1.77 bits per heavy atom. The topological polar surface area (TPSA) is 108 Å². The molecule has 0 fully saturated rings. The maximum absolute atomic E-state index is 13.9. The first-order chi connectivity index (χ1) is 13.9. The Morgan fingerprint density at radius 3 is 2.23 bits per heavy atom. The highest BCUT2D eigenvalue weighted by Crippen LogP contribution is 2.36. The molecule has 0 saturated carbocycles. The van der Waals surface area contributed by atoms with E-state index in [-0.39, 0.29) is 23.4 Å². The minimum atomic E-state index is -4.99. The number of ether oxygens (including phenoxy) is 2. The first kappa shape index (κ1) is 22.6. The molecule has 0 bridgehead atoms. The highest BCUT2D eigenvalue weighted by molar-refractivity contribution is 5.66. The number of halogens is 5. The van der Waals surface area contributed by atoms with E-state index in [0.717, 1.165) is 19.1 Å². The summed E-state index contributed by atoms with van der Waals surface area (Å²) in [5, 5.41) is 13.7. The lowest BCUT2D eigenvalue weighted by molar-refractivity contribution is -0.572. The molecule has 0 aliphatic rings. The molecule has 0 radical (unpaired) electrons. The third-order valence-electron chi connectivity index (χ3n) is 3.62. The Morgan fingerprint density at radius 1 is 1.17 bits per heavy atom. The van der Waals surface area contributed by atoms with Gasteiger partial charge in [0.2, 0.25) is 6.04 Å².